The van der Waals surface area contributed by atoms with Gasteiger partial charge in [-0.1, -0.05) is 77.5 Å². The van der Waals surface area contributed by atoms with E-state index >= 15 is 0 Å². The molecule has 44 heavy (non-hydrogen) atoms. The third kappa shape index (κ3) is 6.22. The van der Waals surface area contributed by atoms with Crippen molar-refractivity contribution >= 4 is 40.6 Å². The number of hydrogen-bond acceptors (Lipinski definition) is 6. The topological polar surface area (TPSA) is 81.9 Å². The van der Waals surface area contributed by atoms with Gasteiger partial charge in [-0.15, -0.1) is 0 Å². The van der Waals surface area contributed by atoms with Crippen LogP contribution in [-0.4, -0.2) is 17.6 Å². The summed E-state index contributed by atoms with van der Waals surface area (Å²) in [7, 11) is 1.58. The van der Waals surface area contributed by atoms with E-state index in [0.29, 0.717) is 49.4 Å². The number of hydrogen-bond donors (Lipinski definition) is 1. The fourth-order valence-corrected chi connectivity index (χ4v) is 6.36. The first-order valence-corrected chi connectivity index (χ1v) is 15.1. The van der Waals surface area contributed by atoms with E-state index in [1.807, 2.05) is 109 Å². The number of methoxy groups -OCH3 is 1. The van der Waals surface area contributed by atoms with Crippen LogP contribution < -0.4 is 29.7 Å². The molecule has 1 amide bonds. The van der Waals surface area contributed by atoms with Gasteiger partial charge in [-0.05, 0) is 78.2 Å². The molecule has 0 spiro atoms. The maximum absolute atomic E-state index is 14.1. The molecule has 2 heterocycles. The third-order valence-electron chi connectivity index (χ3n) is 7.16. The highest BCUT2D eigenvalue weighted by atomic mass is 35.5. The van der Waals surface area contributed by atoms with Gasteiger partial charge in [-0.25, -0.2) is 4.99 Å². The Hall–Kier alpha value is -4.92. The first-order chi connectivity index (χ1) is 21.4. The summed E-state index contributed by atoms with van der Waals surface area (Å²) in [6.07, 6.45) is 1.82. The van der Waals surface area contributed by atoms with Crippen LogP contribution in [0.4, 0.5) is 5.69 Å². The molecule has 0 fully saturated rings. The number of carbonyl (C=O) groups excluding carboxylic acids is 1. The molecule has 1 aliphatic heterocycles. The lowest BCUT2D eigenvalue weighted by molar-refractivity contribution is -0.113. The van der Waals surface area contributed by atoms with Crippen molar-refractivity contribution in [3.63, 3.8) is 0 Å². The van der Waals surface area contributed by atoms with Crippen LogP contribution in [0.3, 0.4) is 0 Å². The predicted octanol–water partition coefficient (Wildman–Crippen LogP) is 6.11. The van der Waals surface area contributed by atoms with Crippen LogP contribution in [0.2, 0.25) is 5.02 Å². The standard InChI is InChI=1S/C35H28ClN3O4S/c1-22-31(33(40)38-27-13-4-3-5-14-27)32(25-11-8-15-28(20-25)42-2)39-34(41)30(44-35(39)37-22)19-23-9-7-16-29(18-23)43-21-24-10-6-12-26(36)17-24/h3-20,32H,21H2,1-2H3,(H,38,40)/b30-19-/t32-/m1/s1. The van der Waals surface area contributed by atoms with Gasteiger partial charge in [0.2, 0.25) is 0 Å². The van der Waals surface area contributed by atoms with E-state index in [9.17, 15) is 9.59 Å². The number of carbonyl (C=O) groups is 1. The highest BCUT2D eigenvalue weighted by molar-refractivity contribution is 7.07. The second-order valence-corrected chi connectivity index (χ2v) is 11.6. The normalized spacial score (nSPS) is 14.5. The van der Waals surface area contributed by atoms with Crippen molar-refractivity contribution in [2.75, 3.05) is 12.4 Å². The van der Waals surface area contributed by atoms with Crippen molar-refractivity contribution in [1.29, 1.82) is 0 Å². The highest BCUT2D eigenvalue weighted by Crippen LogP contribution is 2.32. The van der Waals surface area contributed by atoms with Gasteiger partial charge in [0.1, 0.15) is 18.1 Å². The molecule has 4 aromatic carbocycles. The Morgan fingerprint density at radius 2 is 1.75 bits per heavy atom. The number of halogens is 1. The number of para-hydroxylation sites is 1. The summed E-state index contributed by atoms with van der Waals surface area (Å²) in [6, 6.07) is 31.0. The number of rotatable bonds is 8. The lowest BCUT2D eigenvalue weighted by Gasteiger charge is -2.25. The van der Waals surface area contributed by atoms with Crippen molar-refractivity contribution in [1.82, 2.24) is 4.57 Å². The Morgan fingerprint density at radius 1 is 0.977 bits per heavy atom. The number of anilines is 1. The summed E-state index contributed by atoms with van der Waals surface area (Å²) in [5.41, 5.74) is 3.82. The van der Waals surface area contributed by atoms with E-state index in [-0.39, 0.29) is 11.5 Å². The highest BCUT2D eigenvalue weighted by Gasteiger charge is 2.32. The molecule has 1 atom stereocenters. The summed E-state index contributed by atoms with van der Waals surface area (Å²) in [6.45, 7) is 2.16. The Bertz CT molecular complexity index is 2070. The SMILES string of the molecule is COc1cccc([C@@H]2C(C(=O)Nc3ccccc3)=C(C)N=c3s/c(=C\c4cccc(OCc5cccc(Cl)c5)c4)c(=O)n32)c1. The molecule has 9 heteroatoms. The minimum Gasteiger partial charge on any atom is -0.497 e. The Balaban J connectivity index is 1.39. The summed E-state index contributed by atoms with van der Waals surface area (Å²) in [5.74, 6) is 0.956. The van der Waals surface area contributed by atoms with Gasteiger partial charge in [0, 0.05) is 10.7 Å². The first-order valence-electron chi connectivity index (χ1n) is 13.9. The van der Waals surface area contributed by atoms with Crippen molar-refractivity contribution in [2.45, 2.75) is 19.6 Å². The molecule has 7 nitrogen and oxygen atoms in total. The zero-order valence-corrected chi connectivity index (χ0v) is 25.6. The van der Waals surface area contributed by atoms with Gasteiger partial charge in [-0.2, -0.15) is 0 Å². The van der Waals surface area contributed by atoms with E-state index in [0.717, 1.165) is 16.7 Å². The van der Waals surface area contributed by atoms with E-state index in [4.69, 9.17) is 26.1 Å². The summed E-state index contributed by atoms with van der Waals surface area (Å²) in [4.78, 5) is 33.1. The van der Waals surface area contributed by atoms with Crippen molar-refractivity contribution < 1.29 is 14.3 Å². The molecule has 0 saturated heterocycles. The average molecular weight is 622 g/mol. The van der Waals surface area contributed by atoms with Gasteiger partial charge < -0.3 is 14.8 Å². The molecule has 6 rings (SSSR count). The lowest BCUT2D eigenvalue weighted by atomic mass is 9.95. The van der Waals surface area contributed by atoms with E-state index in [1.165, 1.54) is 11.3 Å². The van der Waals surface area contributed by atoms with Gasteiger partial charge in [0.15, 0.2) is 4.80 Å². The predicted molar refractivity (Wildman–Crippen MR) is 174 cm³/mol. The van der Waals surface area contributed by atoms with Crippen LogP contribution in [0.25, 0.3) is 6.08 Å². The number of nitrogens with zero attached hydrogens (tertiary/aromatic N) is 2. The second kappa shape index (κ2) is 12.8. The molecule has 1 aromatic heterocycles. The molecule has 220 valence electrons. The van der Waals surface area contributed by atoms with E-state index in [2.05, 4.69) is 5.32 Å². The monoisotopic (exact) mass is 621 g/mol. The number of nitrogens with one attached hydrogen (secondary N) is 1. The lowest BCUT2D eigenvalue weighted by Crippen LogP contribution is -2.40. The second-order valence-electron chi connectivity index (χ2n) is 10.2. The van der Waals surface area contributed by atoms with Gasteiger partial charge >= 0.3 is 0 Å². The molecule has 1 aliphatic rings. The van der Waals surface area contributed by atoms with Crippen molar-refractivity contribution in [3.8, 4) is 11.5 Å². The Kier molecular flexibility index (Phi) is 8.45. The van der Waals surface area contributed by atoms with Gasteiger partial charge in [0.05, 0.1) is 29.0 Å². The molecule has 5 aromatic rings. The van der Waals surface area contributed by atoms with Crippen LogP contribution in [0.1, 0.15) is 29.7 Å². The molecular weight excluding hydrogens is 594 g/mol. The van der Waals surface area contributed by atoms with Crippen LogP contribution >= 0.6 is 22.9 Å². The zero-order chi connectivity index (χ0) is 30.6. The number of ether oxygens (including phenoxy) is 2. The van der Waals surface area contributed by atoms with E-state index < -0.39 is 6.04 Å². The summed E-state index contributed by atoms with van der Waals surface area (Å²) in [5, 5.41) is 3.62. The molecule has 1 N–H and O–H groups in total. The first kappa shape index (κ1) is 29.2. The quantitative estimate of drug-likeness (QED) is 0.227. The number of aromatic nitrogens is 1. The molecule has 0 radical (unpaired) electrons. The number of benzene rings is 4. The molecule has 0 aliphatic carbocycles. The van der Waals surface area contributed by atoms with E-state index in [1.54, 1.807) is 18.6 Å². The maximum atomic E-state index is 14.1. The van der Waals surface area contributed by atoms with Gasteiger partial charge in [0.25, 0.3) is 11.5 Å². The fraction of sp³-hybridized carbons (Fsp3) is 0.114. The van der Waals surface area contributed by atoms with Gasteiger partial charge in [-0.3, -0.25) is 14.2 Å². The minimum atomic E-state index is -0.709. The van der Waals surface area contributed by atoms with Crippen LogP contribution in [0.5, 0.6) is 11.5 Å². The number of thiazole rings is 1. The Labute approximate surface area is 263 Å². The smallest absolute Gasteiger partial charge is 0.271 e. The van der Waals surface area contributed by atoms with Crippen LogP contribution in [0, 0.1) is 0 Å². The molecule has 0 bridgehead atoms. The maximum Gasteiger partial charge on any atom is 0.271 e. The van der Waals surface area contributed by atoms with Crippen LogP contribution in [-0.2, 0) is 11.4 Å². The largest absolute Gasteiger partial charge is 0.497 e. The molecule has 0 unspecified atom stereocenters. The molecule has 0 saturated carbocycles. The summed E-state index contributed by atoms with van der Waals surface area (Å²) < 4.78 is 13.6. The fourth-order valence-electron chi connectivity index (χ4n) is 5.10. The number of fused-ring (bicyclic) bond motifs is 1. The van der Waals surface area contributed by atoms with Crippen molar-refractivity contribution in [2.24, 2.45) is 4.99 Å². The summed E-state index contributed by atoms with van der Waals surface area (Å²) >= 11 is 7.39. The minimum absolute atomic E-state index is 0.246. The van der Waals surface area contributed by atoms with Crippen molar-refractivity contribution in [3.05, 3.63) is 156 Å². The third-order valence-corrected chi connectivity index (χ3v) is 8.38. The van der Waals surface area contributed by atoms with Crippen LogP contribution in [0.15, 0.2) is 124 Å². The Morgan fingerprint density at radius 3 is 2.55 bits per heavy atom. The average Bonchev–Trinajstić information content (AvgIpc) is 3.33. The molecular formula is C35H28ClN3O4S. The number of allylic oxidation sites excluding steroid dienone is 1. The zero-order valence-electron chi connectivity index (χ0n) is 24.0. The number of amides is 1.